The normalized spacial score (nSPS) is 32.2. The molecule has 2 aliphatic rings. The van der Waals surface area contributed by atoms with E-state index in [1.807, 2.05) is 45.9 Å². The molecule has 9 heteroatoms. The third-order valence-corrected chi connectivity index (χ3v) is 5.78. The average molecular weight is 437 g/mol. The maximum absolute atomic E-state index is 11.9. The second-order valence-corrected chi connectivity index (χ2v) is 8.61. The molecule has 0 saturated carbocycles. The number of carbonyl (C=O) groups is 1. The highest BCUT2D eigenvalue weighted by atomic mass is 16.6. The molecule has 2 aliphatic heterocycles. The summed E-state index contributed by atoms with van der Waals surface area (Å²) in [5, 5.41) is 44.6. The number of nitrogens with one attached hydrogen (secondary N) is 1. The molecule has 3 rings (SSSR count). The maximum Gasteiger partial charge on any atom is 0.219 e. The lowest BCUT2D eigenvalue weighted by Crippen LogP contribution is -2.78. The fourth-order valence-corrected chi connectivity index (χ4v) is 4.50. The number of allylic oxidation sites excluding steroid dienone is 1. The molecule has 9 nitrogen and oxygen atoms in total. The van der Waals surface area contributed by atoms with Crippen molar-refractivity contribution in [1.82, 2.24) is 5.32 Å². The molecule has 172 valence electrons. The quantitative estimate of drug-likeness (QED) is 0.418. The summed E-state index contributed by atoms with van der Waals surface area (Å²) in [6.07, 6.45) is -3.91. The van der Waals surface area contributed by atoms with Gasteiger partial charge in [0.2, 0.25) is 11.6 Å². The molecule has 0 aromatic heterocycles. The van der Waals surface area contributed by atoms with E-state index in [-0.39, 0.29) is 0 Å². The van der Waals surface area contributed by atoms with Crippen LogP contribution in [0.2, 0.25) is 0 Å². The highest BCUT2D eigenvalue weighted by Gasteiger charge is 2.59. The van der Waals surface area contributed by atoms with Gasteiger partial charge in [0.1, 0.15) is 24.1 Å². The maximum atomic E-state index is 11.9. The topological polar surface area (TPSA) is 132 Å². The van der Waals surface area contributed by atoms with Crippen LogP contribution in [0.1, 0.15) is 40.2 Å². The number of nitrogens with zero attached hydrogens (tertiary/aromatic N) is 1. The Bertz CT molecular complexity index is 871. The highest BCUT2D eigenvalue weighted by molar-refractivity contribution is 5.82. The van der Waals surface area contributed by atoms with Gasteiger partial charge in [0.05, 0.1) is 18.8 Å². The van der Waals surface area contributed by atoms with Gasteiger partial charge in [-0.3, -0.25) is 4.79 Å². The predicted molar refractivity (Wildman–Crippen MR) is 114 cm³/mol. The second-order valence-electron chi connectivity index (χ2n) is 8.61. The van der Waals surface area contributed by atoms with E-state index in [0.717, 1.165) is 11.1 Å². The van der Waals surface area contributed by atoms with Crippen LogP contribution in [-0.2, 0) is 9.53 Å². The number of rotatable bonds is 5. The Labute approximate surface area is 181 Å². The van der Waals surface area contributed by atoms with Crippen LogP contribution >= 0.6 is 0 Å². The lowest BCUT2D eigenvalue weighted by molar-refractivity contribution is -0.284. The molecule has 1 aromatic rings. The van der Waals surface area contributed by atoms with Crippen molar-refractivity contribution >= 4 is 17.2 Å². The SMILES string of the molecule is CCOc1ccc2c(c1)C(C)=CC(C)(C)N2[C@@H]1O[C@H](CO)[C@@H](O)[C@H](O)[C@]1(O)NC(C)=O. The summed E-state index contributed by atoms with van der Waals surface area (Å²) in [6, 6.07) is 5.49. The van der Waals surface area contributed by atoms with Crippen LogP contribution in [0, 0.1) is 0 Å². The van der Waals surface area contributed by atoms with Crippen molar-refractivity contribution in [3.8, 4) is 5.75 Å². The van der Waals surface area contributed by atoms with E-state index in [1.54, 1.807) is 11.0 Å². The van der Waals surface area contributed by atoms with Crippen molar-refractivity contribution < 1.29 is 34.7 Å². The van der Waals surface area contributed by atoms with Crippen molar-refractivity contribution in [3.05, 3.63) is 29.8 Å². The number of benzene rings is 1. The number of hydrogen-bond acceptors (Lipinski definition) is 8. The molecule has 1 saturated heterocycles. The first-order chi connectivity index (χ1) is 14.5. The zero-order chi connectivity index (χ0) is 23.1. The number of anilines is 1. The van der Waals surface area contributed by atoms with Crippen LogP contribution in [0.15, 0.2) is 24.3 Å². The van der Waals surface area contributed by atoms with Gasteiger partial charge in [-0.25, -0.2) is 0 Å². The van der Waals surface area contributed by atoms with Crippen LogP contribution in [0.25, 0.3) is 5.57 Å². The first-order valence-corrected chi connectivity index (χ1v) is 10.4. The lowest BCUT2D eigenvalue weighted by atomic mass is 9.84. The Morgan fingerprint density at radius 1 is 1.32 bits per heavy atom. The summed E-state index contributed by atoms with van der Waals surface area (Å²) < 4.78 is 11.5. The lowest BCUT2D eigenvalue weighted by Gasteiger charge is -2.56. The van der Waals surface area contributed by atoms with Crippen LogP contribution in [-0.4, -0.2) is 75.4 Å². The Morgan fingerprint density at radius 3 is 2.58 bits per heavy atom. The average Bonchev–Trinajstić information content (AvgIpc) is 2.67. The summed E-state index contributed by atoms with van der Waals surface area (Å²) in [5.41, 5.74) is -0.564. The molecule has 0 unspecified atom stereocenters. The summed E-state index contributed by atoms with van der Waals surface area (Å²) in [4.78, 5) is 13.6. The first-order valence-electron chi connectivity index (χ1n) is 10.4. The first kappa shape index (κ1) is 23.5. The molecule has 2 heterocycles. The van der Waals surface area contributed by atoms with Crippen LogP contribution in [0.3, 0.4) is 0 Å². The standard InChI is InChI=1S/C22H32N2O7/c1-6-30-14-7-8-16-15(9-14)12(2)10-21(4,5)24(16)20-22(29,23-13(3)26)19(28)18(27)17(11-25)31-20/h7-10,17-20,25,27-29H,6,11H2,1-5H3,(H,23,26)/t17-,18-,19+,20-,22-/m1/s1. The molecule has 1 amide bonds. The molecule has 5 atom stereocenters. The van der Waals surface area contributed by atoms with Crippen LogP contribution in [0.5, 0.6) is 5.75 Å². The zero-order valence-electron chi connectivity index (χ0n) is 18.5. The monoisotopic (exact) mass is 436 g/mol. The minimum absolute atomic E-state index is 0.507. The predicted octanol–water partition coefficient (Wildman–Crippen LogP) is 0.351. The number of aliphatic hydroxyl groups excluding tert-OH is 3. The molecule has 1 fully saturated rings. The van der Waals surface area contributed by atoms with E-state index >= 15 is 0 Å². The van der Waals surface area contributed by atoms with Crippen molar-refractivity contribution in [3.63, 3.8) is 0 Å². The van der Waals surface area contributed by atoms with Crippen molar-refractivity contribution in [2.24, 2.45) is 0 Å². The molecular formula is C22H32N2O7. The Kier molecular flexibility index (Phi) is 6.37. The minimum atomic E-state index is -2.34. The molecular weight excluding hydrogens is 404 g/mol. The van der Waals surface area contributed by atoms with Gasteiger partial charge in [-0.1, -0.05) is 6.08 Å². The molecule has 31 heavy (non-hydrogen) atoms. The van der Waals surface area contributed by atoms with Gasteiger partial charge in [-0.05, 0) is 51.5 Å². The van der Waals surface area contributed by atoms with Gasteiger partial charge in [0, 0.05) is 18.2 Å². The Balaban J connectivity index is 2.18. The fourth-order valence-electron chi connectivity index (χ4n) is 4.50. The van der Waals surface area contributed by atoms with Gasteiger partial charge < -0.3 is 40.1 Å². The fraction of sp³-hybridized carbons (Fsp3) is 0.591. The Hall–Kier alpha value is -2.17. The van der Waals surface area contributed by atoms with Gasteiger partial charge in [0.15, 0.2) is 6.23 Å². The smallest absolute Gasteiger partial charge is 0.219 e. The molecule has 5 N–H and O–H groups in total. The minimum Gasteiger partial charge on any atom is -0.494 e. The number of amides is 1. The van der Waals surface area contributed by atoms with Gasteiger partial charge in [-0.2, -0.15) is 0 Å². The van der Waals surface area contributed by atoms with Crippen molar-refractivity contribution in [1.29, 1.82) is 0 Å². The highest BCUT2D eigenvalue weighted by Crippen LogP contribution is 2.45. The van der Waals surface area contributed by atoms with Crippen LogP contribution < -0.4 is 15.0 Å². The zero-order valence-corrected chi connectivity index (χ0v) is 18.5. The molecule has 0 radical (unpaired) electrons. The van der Waals surface area contributed by atoms with E-state index in [1.165, 1.54) is 6.92 Å². The Morgan fingerprint density at radius 2 is 2.00 bits per heavy atom. The van der Waals surface area contributed by atoms with Crippen molar-refractivity contribution in [2.75, 3.05) is 18.1 Å². The summed E-state index contributed by atoms with van der Waals surface area (Å²) in [7, 11) is 0. The molecule has 0 bridgehead atoms. The van der Waals surface area contributed by atoms with E-state index in [0.29, 0.717) is 18.0 Å². The molecule has 0 aliphatic carbocycles. The summed E-state index contributed by atoms with van der Waals surface area (Å²) >= 11 is 0. The van der Waals surface area contributed by atoms with E-state index in [4.69, 9.17) is 9.47 Å². The van der Waals surface area contributed by atoms with Gasteiger partial charge in [0.25, 0.3) is 0 Å². The van der Waals surface area contributed by atoms with Gasteiger partial charge in [-0.15, -0.1) is 0 Å². The number of hydrogen-bond donors (Lipinski definition) is 5. The number of carbonyl (C=O) groups excluding carboxylic acids is 1. The summed E-state index contributed by atoms with van der Waals surface area (Å²) in [5.74, 6) is 0.0669. The second kappa shape index (κ2) is 8.40. The molecule has 0 spiro atoms. The summed E-state index contributed by atoms with van der Waals surface area (Å²) in [6.45, 7) is 8.78. The number of aliphatic hydroxyl groups is 4. The number of ether oxygens (including phenoxy) is 2. The van der Waals surface area contributed by atoms with E-state index < -0.39 is 48.3 Å². The molecule has 1 aromatic carbocycles. The third kappa shape index (κ3) is 4.04. The number of fused-ring (bicyclic) bond motifs is 1. The van der Waals surface area contributed by atoms with Crippen molar-refractivity contribution in [2.45, 2.75) is 70.4 Å². The van der Waals surface area contributed by atoms with E-state index in [2.05, 4.69) is 5.32 Å². The largest absolute Gasteiger partial charge is 0.494 e. The van der Waals surface area contributed by atoms with Crippen LogP contribution in [0.4, 0.5) is 5.69 Å². The van der Waals surface area contributed by atoms with Gasteiger partial charge >= 0.3 is 0 Å². The van der Waals surface area contributed by atoms with E-state index in [9.17, 15) is 25.2 Å². The third-order valence-electron chi connectivity index (χ3n) is 5.78.